The third-order valence-corrected chi connectivity index (χ3v) is 4.53. The van der Waals surface area contributed by atoms with E-state index in [1.54, 1.807) is 7.11 Å². The number of halogens is 1. The fourth-order valence-corrected chi connectivity index (χ4v) is 3.46. The van der Waals surface area contributed by atoms with Crippen LogP contribution in [0.15, 0.2) is 4.99 Å². The molecule has 4 nitrogen and oxygen atoms in total. The van der Waals surface area contributed by atoms with Crippen molar-refractivity contribution in [1.82, 2.24) is 10.6 Å². The van der Waals surface area contributed by atoms with Crippen molar-refractivity contribution >= 4 is 29.9 Å². The molecular weight excluding hydrogens is 377 g/mol. The zero-order valence-electron chi connectivity index (χ0n) is 13.7. The molecule has 21 heavy (non-hydrogen) atoms. The summed E-state index contributed by atoms with van der Waals surface area (Å²) in [6.07, 6.45) is 8.53. The lowest BCUT2D eigenvalue weighted by Gasteiger charge is -2.22. The maximum Gasteiger partial charge on any atom is 0.191 e. The molecule has 0 heterocycles. The topological polar surface area (TPSA) is 45.7 Å². The lowest BCUT2D eigenvalue weighted by molar-refractivity contribution is 0.179. The van der Waals surface area contributed by atoms with Crippen molar-refractivity contribution in [3.8, 4) is 0 Å². The first-order chi connectivity index (χ1) is 9.74. The fraction of sp³-hybridized carbons (Fsp3) is 0.938. The van der Waals surface area contributed by atoms with Gasteiger partial charge in [0.2, 0.25) is 0 Å². The second-order valence-electron chi connectivity index (χ2n) is 6.37. The summed E-state index contributed by atoms with van der Waals surface area (Å²) >= 11 is 0. The fourth-order valence-electron chi connectivity index (χ4n) is 3.46. The Labute approximate surface area is 146 Å². The van der Waals surface area contributed by atoms with Crippen LogP contribution in [0.5, 0.6) is 0 Å². The highest BCUT2D eigenvalue weighted by Gasteiger charge is 2.43. The van der Waals surface area contributed by atoms with Crippen LogP contribution in [0, 0.1) is 11.8 Å². The zero-order valence-corrected chi connectivity index (χ0v) is 16.1. The SMILES string of the molecule is CCN=C(NC(C)COC)NC1CC1C1CCCCC1.I. The van der Waals surface area contributed by atoms with E-state index in [1.165, 1.54) is 38.5 Å². The number of methoxy groups -OCH3 is 1. The zero-order chi connectivity index (χ0) is 14.4. The molecule has 0 amide bonds. The van der Waals surface area contributed by atoms with Crippen LogP contribution in [0.4, 0.5) is 0 Å². The van der Waals surface area contributed by atoms with E-state index < -0.39 is 0 Å². The third-order valence-electron chi connectivity index (χ3n) is 4.53. The Morgan fingerprint density at radius 2 is 2.00 bits per heavy atom. The van der Waals surface area contributed by atoms with Gasteiger partial charge in [-0.15, -0.1) is 24.0 Å². The van der Waals surface area contributed by atoms with E-state index >= 15 is 0 Å². The summed E-state index contributed by atoms with van der Waals surface area (Å²) in [6, 6.07) is 0.940. The lowest BCUT2D eigenvalue weighted by atomic mass is 9.85. The summed E-state index contributed by atoms with van der Waals surface area (Å²) in [6.45, 7) is 5.73. The molecule has 0 aromatic heterocycles. The number of ether oxygens (including phenoxy) is 1. The molecule has 2 aliphatic rings. The van der Waals surface area contributed by atoms with Gasteiger partial charge in [-0.25, -0.2) is 0 Å². The molecule has 3 unspecified atom stereocenters. The van der Waals surface area contributed by atoms with Gasteiger partial charge in [0.05, 0.1) is 6.61 Å². The predicted octanol–water partition coefficient (Wildman–Crippen LogP) is 3.16. The quantitative estimate of drug-likeness (QED) is 0.403. The van der Waals surface area contributed by atoms with Crippen molar-refractivity contribution in [3.63, 3.8) is 0 Å². The van der Waals surface area contributed by atoms with Gasteiger partial charge in [0, 0.05) is 25.7 Å². The van der Waals surface area contributed by atoms with E-state index in [0.29, 0.717) is 18.7 Å². The van der Waals surface area contributed by atoms with Crippen LogP contribution in [-0.2, 0) is 4.74 Å². The van der Waals surface area contributed by atoms with Crippen LogP contribution < -0.4 is 10.6 Å². The molecule has 124 valence electrons. The maximum absolute atomic E-state index is 5.17. The largest absolute Gasteiger partial charge is 0.383 e. The van der Waals surface area contributed by atoms with Crippen LogP contribution in [-0.4, -0.2) is 38.3 Å². The van der Waals surface area contributed by atoms with Crippen LogP contribution in [0.25, 0.3) is 0 Å². The molecule has 3 atom stereocenters. The van der Waals surface area contributed by atoms with Crippen molar-refractivity contribution in [1.29, 1.82) is 0 Å². The molecule has 0 aromatic carbocycles. The highest BCUT2D eigenvalue weighted by atomic mass is 127. The molecule has 0 spiro atoms. The number of nitrogens with zero attached hydrogens (tertiary/aromatic N) is 1. The van der Waals surface area contributed by atoms with Crippen molar-refractivity contribution in [2.45, 2.75) is 64.5 Å². The first-order valence-electron chi connectivity index (χ1n) is 8.31. The van der Waals surface area contributed by atoms with Crippen LogP contribution in [0.2, 0.25) is 0 Å². The number of nitrogens with one attached hydrogen (secondary N) is 2. The van der Waals surface area contributed by atoms with Gasteiger partial charge in [-0.05, 0) is 32.1 Å². The van der Waals surface area contributed by atoms with Crippen LogP contribution >= 0.6 is 24.0 Å². The monoisotopic (exact) mass is 409 g/mol. The van der Waals surface area contributed by atoms with Gasteiger partial charge in [0.15, 0.2) is 5.96 Å². The Balaban J connectivity index is 0.00000220. The second-order valence-corrected chi connectivity index (χ2v) is 6.37. The van der Waals surface area contributed by atoms with Crippen molar-refractivity contribution < 1.29 is 4.74 Å². The first-order valence-corrected chi connectivity index (χ1v) is 8.31. The van der Waals surface area contributed by atoms with E-state index in [4.69, 9.17) is 4.74 Å². The minimum absolute atomic E-state index is 0. The third kappa shape index (κ3) is 6.30. The number of hydrogen-bond acceptors (Lipinski definition) is 2. The van der Waals surface area contributed by atoms with Gasteiger partial charge in [-0.3, -0.25) is 4.99 Å². The molecule has 2 fully saturated rings. The molecule has 0 bridgehead atoms. The number of aliphatic imine (C=N–C) groups is 1. The van der Waals surface area contributed by atoms with Gasteiger partial charge >= 0.3 is 0 Å². The summed E-state index contributed by atoms with van der Waals surface area (Å²) in [5, 5.41) is 7.04. The van der Waals surface area contributed by atoms with Gasteiger partial charge in [-0.1, -0.05) is 32.1 Å². The molecule has 2 rings (SSSR count). The Bertz CT molecular complexity index is 319. The Morgan fingerprint density at radius 3 is 2.62 bits per heavy atom. The summed E-state index contributed by atoms with van der Waals surface area (Å²) in [5.74, 6) is 2.80. The summed E-state index contributed by atoms with van der Waals surface area (Å²) in [4.78, 5) is 4.54. The van der Waals surface area contributed by atoms with Gasteiger partial charge in [-0.2, -0.15) is 0 Å². The van der Waals surface area contributed by atoms with Crippen LogP contribution in [0.1, 0.15) is 52.4 Å². The van der Waals surface area contributed by atoms with E-state index in [2.05, 4.69) is 29.5 Å². The van der Waals surface area contributed by atoms with Gasteiger partial charge in [0.25, 0.3) is 0 Å². The Morgan fingerprint density at radius 1 is 1.29 bits per heavy atom. The number of hydrogen-bond donors (Lipinski definition) is 2. The first kappa shape index (κ1) is 19.0. The smallest absolute Gasteiger partial charge is 0.191 e. The normalized spacial score (nSPS) is 27.7. The maximum atomic E-state index is 5.17. The van der Waals surface area contributed by atoms with E-state index in [-0.39, 0.29) is 24.0 Å². The minimum Gasteiger partial charge on any atom is -0.383 e. The molecule has 0 aliphatic heterocycles. The van der Waals surface area contributed by atoms with Crippen molar-refractivity contribution in [3.05, 3.63) is 0 Å². The molecule has 5 heteroatoms. The molecule has 0 saturated heterocycles. The van der Waals surface area contributed by atoms with Crippen molar-refractivity contribution in [2.24, 2.45) is 16.8 Å². The lowest BCUT2D eigenvalue weighted by Crippen LogP contribution is -2.45. The highest BCUT2D eigenvalue weighted by molar-refractivity contribution is 14.0. The molecule has 0 radical (unpaired) electrons. The van der Waals surface area contributed by atoms with E-state index in [1.807, 2.05) is 0 Å². The standard InChI is InChI=1S/C16H31N3O.HI/c1-4-17-16(18-12(2)11-20-3)19-15-10-14(15)13-8-6-5-7-9-13;/h12-15H,4-11H2,1-3H3,(H2,17,18,19);1H. The number of rotatable bonds is 6. The summed E-state index contributed by atoms with van der Waals surface area (Å²) in [7, 11) is 1.74. The minimum atomic E-state index is 0. The molecule has 2 aliphatic carbocycles. The van der Waals surface area contributed by atoms with E-state index in [0.717, 1.165) is 24.3 Å². The van der Waals surface area contributed by atoms with Gasteiger partial charge < -0.3 is 15.4 Å². The highest BCUT2D eigenvalue weighted by Crippen LogP contribution is 2.44. The average Bonchev–Trinajstić information content (AvgIpc) is 3.19. The summed E-state index contributed by atoms with van der Waals surface area (Å²) in [5.41, 5.74) is 0. The number of guanidine groups is 1. The predicted molar refractivity (Wildman–Crippen MR) is 99.5 cm³/mol. The van der Waals surface area contributed by atoms with Crippen molar-refractivity contribution in [2.75, 3.05) is 20.3 Å². The molecule has 2 N–H and O–H groups in total. The Hall–Kier alpha value is -0.0400. The average molecular weight is 409 g/mol. The Kier molecular flexibility index (Phi) is 8.94. The van der Waals surface area contributed by atoms with Crippen LogP contribution in [0.3, 0.4) is 0 Å². The molecule has 2 saturated carbocycles. The summed E-state index contributed by atoms with van der Waals surface area (Å²) < 4.78 is 5.17. The van der Waals surface area contributed by atoms with Gasteiger partial charge in [0.1, 0.15) is 0 Å². The second kappa shape index (κ2) is 9.87. The molecular formula is C16H32IN3O. The molecule has 0 aromatic rings. The van der Waals surface area contributed by atoms with E-state index in [9.17, 15) is 0 Å².